The summed E-state index contributed by atoms with van der Waals surface area (Å²) in [5.41, 5.74) is 2.50. The van der Waals surface area contributed by atoms with E-state index in [4.69, 9.17) is 9.47 Å². The molecule has 0 bridgehead atoms. The van der Waals surface area contributed by atoms with Gasteiger partial charge in [0.05, 0.1) is 19.8 Å². The number of halogens is 2. The molecule has 0 atom stereocenters. The molecule has 3 nitrogen and oxygen atoms in total. The number of benzene rings is 1. The monoisotopic (exact) mass is 393 g/mol. The highest BCUT2D eigenvalue weighted by molar-refractivity contribution is 9.11. The molecule has 19 heavy (non-hydrogen) atoms. The van der Waals surface area contributed by atoms with E-state index in [1.54, 1.807) is 7.11 Å². The highest BCUT2D eigenvalue weighted by atomic mass is 79.9. The van der Waals surface area contributed by atoms with Crippen molar-refractivity contribution in [3.05, 3.63) is 32.2 Å². The molecule has 0 aliphatic rings. The molecule has 1 aromatic carbocycles. The molecule has 108 valence electrons. The molecule has 1 aromatic rings. The first-order valence-electron chi connectivity index (χ1n) is 6.37. The van der Waals surface area contributed by atoms with Crippen LogP contribution in [0.5, 0.6) is 0 Å². The largest absolute Gasteiger partial charge is 0.383 e. The first-order chi connectivity index (χ1) is 9.15. The van der Waals surface area contributed by atoms with Gasteiger partial charge in [0.1, 0.15) is 0 Å². The summed E-state index contributed by atoms with van der Waals surface area (Å²) in [6, 6.07) is 4.28. The van der Waals surface area contributed by atoms with Gasteiger partial charge in [-0.25, -0.2) is 0 Å². The van der Waals surface area contributed by atoms with Gasteiger partial charge in [-0.15, -0.1) is 0 Å². The highest BCUT2D eigenvalue weighted by Gasteiger charge is 2.04. The SMILES string of the molecule is COCCNCCOCCc1cc(Br)c(C)cc1Br. The van der Waals surface area contributed by atoms with E-state index in [0.29, 0.717) is 0 Å². The molecule has 5 heteroatoms. The zero-order valence-corrected chi connectivity index (χ0v) is 14.6. The molecule has 0 saturated carbocycles. The van der Waals surface area contributed by atoms with E-state index in [2.05, 4.69) is 56.2 Å². The summed E-state index contributed by atoms with van der Waals surface area (Å²) in [5, 5.41) is 3.25. The van der Waals surface area contributed by atoms with E-state index in [1.165, 1.54) is 11.1 Å². The van der Waals surface area contributed by atoms with Crippen LogP contribution in [0.15, 0.2) is 21.1 Å². The summed E-state index contributed by atoms with van der Waals surface area (Å²) in [7, 11) is 1.70. The van der Waals surface area contributed by atoms with Crippen molar-refractivity contribution in [2.75, 3.05) is 40.0 Å². The third-order valence-corrected chi connectivity index (χ3v) is 4.34. The van der Waals surface area contributed by atoms with Crippen LogP contribution in [0.25, 0.3) is 0 Å². The van der Waals surface area contributed by atoms with Gasteiger partial charge in [0.25, 0.3) is 0 Å². The molecule has 0 radical (unpaired) electrons. The minimum atomic E-state index is 0.731. The van der Waals surface area contributed by atoms with E-state index >= 15 is 0 Å². The summed E-state index contributed by atoms with van der Waals surface area (Å²) in [6.45, 7) is 6.03. The lowest BCUT2D eigenvalue weighted by Gasteiger charge is -2.09. The van der Waals surface area contributed by atoms with Crippen LogP contribution in [0, 0.1) is 6.92 Å². The van der Waals surface area contributed by atoms with E-state index in [9.17, 15) is 0 Å². The van der Waals surface area contributed by atoms with Gasteiger partial charge in [-0.1, -0.05) is 31.9 Å². The van der Waals surface area contributed by atoms with Gasteiger partial charge in [-0.3, -0.25) is 0 Å². The Morgan fingerprint density at radius 3 is 2.53 bits per heavy atom. The maximum atomic E-state index is 5.60. The topological polar surface area (TPSA) is 30.5 Å². The Morgan fingerprint density at radius 2 is 1.79 bits per heavy atom. The quantitative estimate of drug-likeness (QED) is 0.651. The lowest BCUT2D eigenvalue weighted by Crippen LogP contribution is -2.23. The molecule has 0 unspecified atom stereocenters. The number of methoxy groups -OCH3 is 1. The zero-order chi connectivity index (χ0) is 14.1. The molecule has 0 fully saturated rings. The fourth-order valence-electron chi connectivity index (χ4n) is 1.61. The van der Waals surface area contributed by atoms with Gasteiger partial charge < -0.3 is 14.8 Å². The third kappa shape index (κ3) is 6.86. The number of hydrogen-bond acceptors (Lipinski definition) is 3. The minimum absolute atomic E-state index is 0.731. The number of ether oxygens (including phenoxy) is 2. The van der Waals surface area contributed by atoms with Gasteiger partial charge in [-0.2, -0.15) is 0 Å². The van der Waals surface area contributed by atoms with Gasteiger partial charge >= 0.3 is 0 Å². The summed E-state index contributed by atoms with van der Waals surface area (Å²) < 4.78 is 12.8. The van der Waals surface area contributed by atoms with Crippen molar-refractivity contribution in [2.24, 2.45) is 0 Å². The Bertz CT molecular complexity index is 386. The zero-order valence-electron chi connectivity index (χ0n) is 11.5. The average molecular weight is 395 g/mol. The Balaban J connectivity index is 2.17. The third-order valence-electron chi connectivity index (χ3n) is 2.75. The van der Waals surface area contributed by atoms with Crippen LogP contribution in [-0.4, -0.2) is 40.0 Å². The lowest BCUT2D eigenvalue weighted by molar-refractivity contribution is 0.135. The van der Waals surface area contributed by atoms with Crippen molar-refractivity contribution in [2.45, 2.75) is 13.3 Å². The van der Waals surface area contributed by atoms with Crippen molar-refractivity contribution >= 4 is 31.9 Å². The Morgan fingerprint density at radius 1 is 1.05 bits per heavy atom. The second-order valence-corrected chi connectivity index (χ2v) is 6.01. The first-order valence-corrected chi connectivity index (χ1v) is 7.95. The fourth-order valence-corrected chi connectivity index (χ4v) is 2.65. The van der Waals surface area contributed by atoms with Crippen LogP contribution in [-0.2, 0) is 15.9 Å². The molecular formula is C14H21Br2NO2. The van der Waals surface area contributed by atoms with Crippen molar-refractivity contribution < 1.29 is 9.47 Å². The highest BCUT2D eigenvalue weighted by Crippen LogP contribution is 2.25. The van der Waals surface area contributed by atoms with Crippen molar-refractivity contribution in [1.82, 2.24) is 5.32 Å². The number of hydrogen-bond donors (Lipinski definition) is 1. The summed E-state index contributed by atoms with van der Waals surface area (Å²) in [4.78, 5) is 0. The number of rotatable bonds is 9. The van der Waals surface area contributed by atoms with Crippen molar-refractivity contribution in [3.63, 3.8) is 0 Å². The predicted octanol–water partition coefficient (Wildman–Crippen LogP) is 3.32. The maximum Gasteiger partial charge on any atom is 0.0591 e. The molecule has 0 spiro atoms. The summed E-state index contributed by atoms with van der Waals surface area (Å²) in [5.74, 6) is 0. The smallest absolute Gasteiger partial charge is 0.0591 e. The first kappa shape index (κ1) is 17.1. The predicted molar refractivity (Wildman–Crippen MR) is 85.8 cm³/mol. The Labute approximate surface area is 132 Å². The van der Waals surface area contributed by atoms with Crippen molar-refractivity contribution in [1.29, 1.82) is 0 Å². The van der Waals surface area contributed by atoms with Gasteiger partial charge in [0.2, 0.25) is 0 Å². The normalized spacial score (nSPS) is 10.9. The summed E-state index contributed by atoms with van der Waals surface area (Å²) >= 11 is 7.14. The molecule has 0 aliphatic heterocycles. The second kappa shape index (κ2) is 9.88. The molecule has 1 N–H and O–H groups in total. The molecule has 0 aliphatic carbocycles. The van der Waals surface area contributed by atoms with Crippen LogP contribution in [0.2, 0.25) is 0 Å². The average Bonchev–Trinajstić information content (AvgIpc) is 2.38. The molecule has 0 amide bonds. The van der Waals surface area contributed by atoms with Crippen molar-refractivity contribution in [3.8, 4) is 0 Å². The van der Waals surface area contributed by atoms with Crippen LogP contribution >= 0.6 is 31.9 Å². The Hall–Kier alpha value is 0.0600. The Kier molecular flexibility index (Phi) is 8.90. The molecule has 1 rings (SSSR count). The molecule has 0 aromatic heterocycles. The van der Waals surface area contributed by atoms with Crippen LogP contribution < -0.4 is 5.32 Å². The minimum Gasteiger partial charge on any atom is -0.383 e. The summed E-state index contributed by atoms with van der Waals surface area (Å²) in [6.07, 6.45) is 0.914. The van der Waals surface area contributed by atoms with E-state index in [1.807, 2.05) is 0 Å². The van der Waals surface area contributed by atoms with Gasteiger partial charge in [0.15, 0.2) is 0 Å². The molecule has 0 heterocycles. The lowest BCUT2D eigenvalue weighted by atomic mass is 10.1. The van der Waals surface area contributed by atoms with Crippen LogP contribution in [0.4, 0.5) is 0 Å². The second-order valence-electron chi connectivity index (χ2n) is 4.30. The molecular weight excluding hydrogens is 374 g/mol. The number of nitrogens with one attached hydrogen (secondary N) is 1. The van der Waals surface area contributed by atoms with Gasteiger partial charge in [0, 0.05) is 29.1 Å². The standard InChI is InChI=1S/C14H21Br2NO2/c1-11-9-14(16)12(10-13(11)15)3-6-19-8-5-17-4-7-18-2/h9-10,17H,3-8H2,1-2H3. The van der Waals surface area contributed by atoms with E-state index in [0.717, 1.165) is 48.3 Å². The van der Waals surface area contributed by atoms with Crippen LogP contribution in [0.3, 0.4) is 0 Å². The fraction of sp³-hybridized carbons (Fsp3) is 0.571. The van der Waals surface area contributed by atoms with E-state index < -0.39 is 0 Å². The van der Waals surface area contributed by atoms with Gasteiger partial charge in [-0.05, 0) is 36.6 Å². The van der Waals surface area contributed by atoms with E-state index in [-0.39, 0.29) is 0 Å². The maximum absolute atomic E-state index is 5.60. The molecule has 0 saturated heterocycles. The van der Waals surface area contributed by atoms with Crippen LogP contribution in [0.1, 0.15) is 11.1 Å². The number of aryl methyl sites for hydroxylation is 1.